The van der Waals surface area contributed by atoms with Crippen LogP contribution in [0.15, 0.2) is 42.2 Å². The van der Waals surface area contributed by atoms with Gasteiger partial charge in [0.05, 0.1) is 11.8 Å². The normalized spacial score (nSPS) is 14.4. The van der Waals surface area contributed by atoms with Gasteiger partial charge in [-0.15, -0.1) is 0 Å². The second-order valence-corrected chi connectivity index (χ2v) is 4.88. The van der Waals surface area contributed by atoms with Crippen LogP contribution < -0.4 is 4.74 Å². The van der Waals surface area contributed by atoms with Gasteiger partial charge in [0.15, 0.2) is 0 Å². The van der Waals surface area contributed by atoms with Crippen LogP contribution in [0.1, 0.15) is 40.0 Å². The fourth-order valence-electron chi connectivity index (χ4n) is 1.63. The fraction of sp³-hybridized carbons (Fsp3) is 0.438. The number of carbonyl (C=O) groups is 1. The Morgan fingerprint density at radius 2 is 2.00 bits per heavy atom. The van der Waals surface area contributed by atoms with Crippen LogP contribution in [0, 0.1) is 0 Å². The molecular weight excluding hydrogens is 256 g/mol. The number of aliphatic carboxylic acids is 1. The van der Waals surface area contributed by atoms with Gasteiger partial charge in [0.25, 0.3) is 0 Å². The molecule has 1 N–H and O–H groups in total. The molecule has 0 aliphatic rings. The number of ether oxygens (including phenoxy) is 2. The van der Waals surface area contributed by atoms with Crippen molar-refractivity contribution in [3.63, 3.8) is 0 Å². The molecule has 1 atom stereocenters. The summed E-state index contributed by atoms with van der Waals surface area (Å²) in [5, 5.41) is 8.86. The molecule has 1 aromatic rings. The van der Waals surface area contributed by atoms with Gasteiger partial charge in [0, 0.05) is 13.3 Å². The second-order valence-electron chi connectivity index (χ2n) is 4.88. The minimum absolute atomic E-state index is 0.143. The maximum absolute atomic E-state index is 10.8. The molecule has 0 bridgehead atoms. The van der Waals surface area contributed by atoms with Crippen molar-refractivity contribution < 1.29 is 19.4 Å². The fourth-order valence-corrected chi connectivity index (χ4v) is 1.63. The molecule has 1 rings (SSSR count). The van der Waals surface area contributed by atoms with Crippen molar-refractivity contribution >= 4 is 5.97 Å². The lowest BCUT2D eigenvalue weighted by molar-refractivity contribution is -0.140. The second kappa shape index (κ2) is 7.58. The van der Waals surface area contributed by atoms with Crippen molar-refractivity contribution in [2.75, 3.05) is 0 Å². The minimum atomic E-state index is -0.998. The van der Waals surface area contributed by atoms with Gasteiger partial charge in [0.2, 0.25) is 5.79 Å². The molecule has 1 aromatic carbocycles. The lowest BCUT2D eigenvalue weighted by Gasteiger charge is -2.30. The van der Waals surface area contributed by atoms with Crippen LogP contribution >= 0.6 is 0 Å². The number of carboxylic acid groups (broad SMARTS) is 1. The van der Waals surface area contributed by atoms with Crippen molar-refractivity contribution in [2.24, 2.45) is 0 Å². The first kappa shape index (κ1) is 16.1. The third kappa shape index (κ3) is 5.34. The van der Waals surface area contributed by atoms with Crippen molar-refractivity contribution in [1.29, 1.82) is 0 Å². The minimum Gasteiger partial charge on any atom is -0.478 e. The Hall–Kier alpha value is -1.97. The molecule has 0 amide bonds. The number of benzene rings is 1. The Kier molecular flexibility index (Phi) is 6.10. The van der Waals surface area contributed by atoms with Crippen LogP contribution in [0.3, 0.4) is 0 Å². The van der Waals surface area contributed by atoms with Crippen LogP contribution in [0.2, 0.25) is 0 Å². The number of rotatable bonds is 8. The van der Waals surface area contributed by atoms with Gasteiger partial charge < -0.3 is 14.6 Å². The maximum atomic E-state index is 10.8. The smallest absolute Gasteiger partial charge is 0.334 e. The van der Waals surface area contributed by atoms with E-state index in [0.29, 0.717) is 12.2 Å². The molecule has 0 spiro atoms. The summed E-state index contributed by atoms with van der Waals surface area (Å²) in [6.45, 7) is 5.40. The Morgan fingerprint density at radius 1 is 1.35 bits per heavy atom. The number of para-hydroxylation sites is 1. The Morgan fingerprint density at radius 3 is 2.55 bits per heavy atom. The quantitative estimate of drug-likeness (QED) is 0.444. The summed E-state index contributed by atoms with van der Waals surface area (Å²) in [4.78, 5) is 10.8. The predicted molar refractivity (Wildman–Crippen MR) is 77.5 cm³/mol. The molecule has 4 nitrogen and oxygen atoms in total. The molecule has 0 aromatic heterocycles. The standard InChI is InChI=1S/C16H22O4/c1-4-5-11-16(3,19-12-13(2)15(17)18)20-14-9-7-6-8-10-14/h6-10,12H,4-5,11H2,1-3H3,(H,17,18). The van der Waals surface area contributed by atoms with Gasteiger partial charge in [-0.3, -0.25) is 0 Å². The zero-order chi connectivity index (χ0) is 15.0. The van der Waals surface area contributed by atoms with E-state index in [1.807, 2.05) is 37.3 Å². The SMILES string of the molecule is CCCCC(C)(OC=C(C)C(=O)O)Oc1ccccc1. The topological polar surface area (TPSA) is 55.8 Å². The molecule has 0 aliphatic carbocycles. The van der Waals surface area contributed by atoms with E-state index < -0.39 is 11.8 Å². The van der Waals surface area contributed by atoms with E-state index in [4.69, 9.17) is 14.6 Å². The number of hydrogen-bond acceptors (Lipinski definition) is 3. The van der Waals surface area contributed by atoms with E-state index in [9.17, 15) is 4.79 Å². The molecule has 0 radical (unpaired) electrons. The molecule has 0 saturated carbocycles. The summed E-state index contributed by atoms with van der Waals surface area (Å²) in [6, 6.07) is 9.37. The molecular formula is C16H22O4. The monoisotopic (exact) mass is 278 g/mol. The molecule has 110 valence electrons. The summed E-state index contributed by atoms with van der Waals surface area (Å²) >= 11 is 0. The average Bonchev–Trinajstić information content (AvgIpc) is 2.43. The van der Waals surface area contributed by atoms with Gasteiger partial charge in [-0.1, -0.05) is 31.5 Å². The van der Waals surface area contributed by atoms with Crippen LogP contribution in [0.5, 0.6) is 5.75 Å². The van der Waals surface area contributed by atoms with Gasteiger partial charge in [-0.25, -0.2) is 4.79 Å². The molecule has 0 saturated heterocycles. The van der Waals surface area contributed by atoms with Crippen molar-refractivity contribution in [3.8, 4) is 5.75 Å². The largest absolute Gasteiger partial charge is 0.478 e. The van der Waals surface area contributed by atoms with Crippen molar-refractivity contribution in [3.05, 3.63) is 42.2 Å². The summed E-state index contributed by atoms with van der Waals surface area (Å²) in [5.41, 5.74) is 0.143. The van der Waals surface area contributed by atoms with Crippen LogP contribution in [-0.4, -0.2) is 16.9 Å². The maximum Gasteiger partial charge on any atom is 0.334 e. The van der Waals surface area contributed by atoms with Crippen molar-refractivity contribution in [2.45, 2.75) is 45.8 Å². The number of carboxylic acids is 1. The zero-order valence-electron chi connectivity index (χ0n) is 12.3. The van der Waals surface area contributed by atoms with Gasteiger partial charge >= 0.3 is 5.97 Å². The predicted octanol–water partition coefficient (Wildman–Crippen LogP) is 3.98. The first-order valence-electron chi connectivity index (χ1n) is 6.79. The Bertz CT molecular complexity index is 453. The summed E-state index contributed by atoms with van der Waals surface area (Å²) < 4.78 is 11.5. The van der Waals surface area contributed by atoms with E-state index in [1.165, 1.54) is 13.2 Å². The Balaban J connectivity index is 2.80. The van der Waals surface area contributed by atoms with Crippen molar-refractivity contribution in [1.82, 2.24) is 0 Å². The van der Waals surface area contributed by atoms with E-state index in [2.05, 4.69) is 6.92 Å². The molecule has 0 aliphatic heterocycles. The van der Waals surface area contributed by atoms with Gasteiger partial charge in [-0.05, 0) is 25.5 Å². The molecule has 0 heterocycles. The first-order valence-corrected chi connectivity index (χ1v) is 6.79. The molecule has 1 unspecified atom stereocenters. The first-order chi connectivity index (χ1) is 9.47. The summed E-state index contributed by atoms with van der Waals surface area (Å²) in [5.74, 6) is -1.16. The number of unbranched alkanes of at least 4 members (excludes halogenated alkanes) is 1. The van der Waals surface area contributed by atoms with E-state index >= 15 is 0 Å². The van der Waals surface area contributed by atoms with E-state index in [-0.39, 0.29) is 5.57 Å². The highest BCUT2D eigenvalue weighted by Gasteiger charge is 2.27. The highest BCUT2D eigenvalue weighted by molar-refractivity contribution is 5.85. The highest BCUT2D eigenvalue weighted by Crippen LogP contribution is 2.25. The average molecular weight is 278 g/mol. The summed E-state index contributed by atoms with van der Waals surface area (Å²) in [6.07, 6.45) is 3.88. The Labute approximate surface area is 120 Å². The van der Waals surface area contributed by atoms with Gasteiger partial charge in [-0.2, -0.15) is 0 Å². The van der Waals surface area contributed by atoms with Crippen LogP contribution in [0.25, 0.3) is 0 Å². The van der Waals surface area contributed by atoms with Gasteiger partial charge in [0.1, 0.15) is 5.75 Å². The number of hydrogen-bond donors (Lipinski definition) is 1. The molecule has 0 fully saturated rings. The summed E-state index contributed by atoms with van der Waals surface area (Å²) in [7, 11) is 0. The van der Waals surface area contributed by atoms with Crippen LogP contribution in [-0.2, 0) is 9.53 Å². The third-order valence-electron chi connectivity index (χ3n) is 2.88. The highest BCUT2D eigenvalue weighted by atomic mass is 16.7. The lowest BCUT2D eigenvalue weighted by Crippen LogP contribution is -2.34. The third-order valence-corrected chi connectivity index (χ3v) is 2.88. The zero-order valence-corrected chi connectivity index (χ0v) is 12.3. The molecule has 4 heteroatoms. The van der Waals surface area contributed by atoms with Crippen LogP contribution in [0.4, 0.5) is 0 Å². The molecule has 20 heavy (non-hydrogen) atoms. The van der Waals surface area contributed by atoms with E-state index in [1.54, 1.807) is 0 Å². The lowest BCUT2D eigenvalue weighted by atomic mass is 10.1. The van der Waals surface area contributed by atoms with E-state index in [0.717, 1.165) is 12.8 Å².